The number of ether oxygens (including phenoxy) is 2. The molecule has 3 heterocycles. The maximum atomic E-state index is 13.8. The van der Waals surface area contributed by atoms with Gasteiger partial charge in [0.05, 0.1) is 24.2 Å². The molecular formula is C29H29N3O7S. The van der Waals surface area contributed by atoms with Crippen LogP contribution in [0.4, 0.5) is 9.80 Å². The Labute approximate surface area is 234 Å². The summed E-state index contributed by atoms with van der Waals surface area (Å²) < 4.78 is 11.5. The topological polar surface area (TPSA) is 139 Å². The third-order valence-corrected chi connectivity index (χ3v) is 7.79. The van der Waals surface area contributed by atoms with E-state index in [1.54, 1.807) is 39.0 Å². The maximum absolute atomic E-state index is 13.8. The van der Waals surface area contributed by atoms with Crippen molar-refractivity contribution in [2.45, 2.75) is 58.5 Å². The van der Waals surface area contributed by atoms with E-state index in [0.717, 1.165) is 26.7 Å². The zero-order valence-corrected chi connectivity index (χ0v) is 23.1. The Morgan fingerprint density at radius 3 is 2.48 bits per heavy atom. The van der Waals surface area contributed by atoms with E-state index in [-0.39, 0.29) is 42.2 Å². The second-order valence-corrected chi connectivity index (χ2v) is 11.8. The summed E-state index contributed by atoms with van der Waals surface area (Å²) in [7, 11) is 0. The van der Waals surface area contributed by atoms with Crippen molar-refractivity contribution in [2.24, 2.45) is 0 Å². The third kappa shape index (κ3) is 5.12. The van der Waals surface area contributed by atoms with Gasteiger partial charge in [-0.3, -0.25) is 19.4 Å². The molecule has 10 nitrogen and oxygen atoms in total. The van der Waals surface area contributed by atoms with Crippen LogP contribution in [0.1, 0.15) is 63.1 Å². The first kappa shape index (κ1) is 27.2. The number of nitrogens with zero attached hydrogens (tertiary/aromatic N) is 2. The lowest BCUT2D eigenvalue weighted by Gasteiger charge is -2.34. The Hall–Kier alpha value is -4.38. The summed E-state index contributed by atoms with van der Waals surface area (Å²) in [5.74, 6) is -1.53. The summed E-state index contributed by atoms with van der Waals surface area (Å²) in [6.45, 7) is 5.27. The van der Waals surface area contributed by atoms with Gasteiger partial charge in [0.25, 0.3) is 11.8 Å². The number of carboxylic acid groups (broad SMARTS) is 1. The van der Waals surface area contributed by atoms with Gasteiger partial charge in [-0.2, -0.15) is 0 Å². The molecule has 1 unspecified atom stereocenters. The predicted molar refractivity (Wildman–Crippen MR) is 147 cm³/mol. The first-order valence-corrected chi connectivity index (χ1v) is 13.5. The molecule has 0 radical (unpaired) electrons. The molecule has 0 spiro atoms. The number of rotatable bonds is 5. The van der Waals surface area contributed by atoms with Crippen LogP contribution < -0.4 is 10.5 Å². The van der Waals surface area contributed by atoms with Gasteiger partial charge in [0.2, 0.25) is 0 Å². The van der Waals surface area contributed by atoms with Crippen LogP contribution in [0.15, 0.2) is 48.5 Å². The molecule has 0 bridgehead atoms. The zero-order chi connectivity index (χ0) is 28.8. The molecule has 0 aliphatic carbocycles. The molecule has 0 saturated carbocycles. The van der Waals surface area contributed by atoms with Crippen LogP contribution in [0.5, 0.6) is 5.75 Å². The van der Waals surface area contributed by atoms with Gasteiger partial charge in [-0.05, 0) is 43.5 Å². The average molecular weight is 564 g/mol. The highest BCUT2D eigenvalue weighted by Gasteiger charge is 2.44. The highest BCUT2D eigenvalue weighted by molar-refractivity contribution is 7.16. The molecule has 1 aromatic heterocycles. The van der Waals surface area contributed by atoms with E-state index in [1.807, 2.05) is 30.3 Å². The van der Waals surface area contributed by atoms with Crippen molar-refractivity contribution in [3.8, 4) is 5.75 Å². The number of hydrogen-bond donors (Lipinski definition) is 2. The normalized spacial score (nSPS) is 16.4. The summed E-state index contributed by atoms with van der Waals surface area (Å²) in [4.78, 5) is 55.2. The van der Waals surface area contributed by atoms with Crippen molar-refractivity contribution >= 4 is 40.2 Å². The molecule has 5 rings (SSSR count). The van der Waals surface area contributed by atoms with Crippen LogP contribution in [-0.2, 0) is 35.6 Å². The molecular weight excluding hydrogens is 534 g/mol. The third-order valence-electron chi connectivity index (χ3n) is 6.74. The number of fused-ring (bicyclic) bond motifs is 2. The number of amides is 3. The van der Waals surface area contributed by atoms with E-state index in [4.69, 9.17) is 15.2 Å². The standard InChI is InChI=1S/C29H29N3O7S/c1-29(2,3)39-27(35)23-18-12-19(31(28(36)37)14-21(18)40-24(23)30)25(33)32-13-17-10-7-11-20(22(17)26(32)34)38-15-16-8-5-4-6-9-16/h4-11,19H,12-15,30H2,1-3H3,(H,36,37). The summed E-state index contributed by atoms with van der Waals surface area (Å²) >= 11 is 1.10. The van der Waals surface area contributed by atoms with Crippen LogP contribution >= 0.6 is 11.3 Å². The van der Waals surface area contributed by atoms with Gasteiger partial charge in [-0.15, -0.1) is 11.3 Å². The lowest BCUT2D eigenvalue weighted by Crippen LogP contribution is -2.53. The minimum atomic E-state index is -1.31. The van der Waals surface area contributed by atoms with Gasteiger partial charge >= 0.3 is 12.1 Å². The molecule has 2 aliphatic rings. The first-order chi connectivity index (χ1) is 18.9. The van der Waals surface area contributed by atoms with Gasteiger partial charge in [0, 0.05) is 11.3 Å². The van der Waals surface area contributed by atoms with E-state index in [2.05, 4.69) is 0 Å². The molecule has 0 fully saturated rings. The Morgan fingerprint density at radius 1 is 1.07 bits per heavy atom. The molecule has 40 heavy (non-hydrogen) atoms. The fourth-order valence-electron chi connectivity index (χ4n) is 4.96. The fraction of sp³-hybridized carbons (Fsp3) is 0.310. The highest BCUT2D eigenvalue weighted by atomic mass is 32.1. The van der Waals surface area contributed by atoms with Crippen LogP contribution in [0.2, 0.25) is 0 Å². The summed E-state index contributed by atoms with van der Waals surface area (Å²) in [5.41, 5.74) is 7.81. The molecule has 2 aromatic carbocycles. The minimum Gasteiger partial charge on any atom is -0.488 e. The number of anilines is 1. The van der Waals surface area contributed by atoms with E-state index < -0.39 is 35.5 Å². The Balaban J connectivity index is 1.42. The first-order valence-electron chi connectivity index (χ1n) is 12.7. The number of imide groups is 1. The zero-order valence-electron chi connectivity index (χ0n) is 22.3. The van der Waals surface area contributed by atoms with Gasteiger partial charge in [0.15, 0.2) is 0 Å². The fourth-order valence-corrected chi connectivity index (χ4v) is 6.05. The number of carbonyl (C=O) groups excluding carboxylic acids is 3. The van der Waals surface area contributed by atoms with Crippen molar-refractivity contribution in [2.75, 3.05) is 5.73 Å². The predicted octanol–water partition coefficient (Wildman–Crippen LogP) is 4.45. The quantitative estimate of drug-likeness (QED) is 0.343. The molecule has 3 aromatic rings. The number of nitrogens with two attached hydrogens (primary N) is 1. The lowest BCUT2D eigenvalue weighted by atomic mass is 9.95. The number of carbonyl (C=O) groups is 4. The molecule has 0 saturated heterocycles. The van der Waals surface area contributed by atoms with Gasteiger partial charge in [-0.25, -0.2) is 9.59 Å². The van der Waals surface area contributed by atoms with Crippen molar-refractivity contribution in [3.63, 3.8) is 0 Å². The van der Waals surface area contributed by atoms with Crippen molar-refractivity contribution < 1.29 is 33.8 Å². The molecule has 208 valence electrons. The van der Waals surface area contributed by atoms with Crippen molar-refractivity contribution in [1.29, 1.82) is 0 Å². The van der Waals surface area contributed by atoms with Gasteiger partial charge in [-0.1, -0.05) is 42.5 Å². The Bertz CT molecular complexity index is 1510. The second kappa shape index (κ2) is 10.3. The number of thiophene rings is 1. The second-order valence-electron chi connectivity index (χ2n) is 10.7. The minimum absolute atomic E-state index is 0.0168. The summed E-state index contributed by atoms with van der Waals surface area (Å²) in [6.07, 6.45) is -1.42. The molecule has 3 amide bonds. The number of hydrogen-bond acceptors (Lipinski definition) is 8. The summed E-state index contributed by atoms with van der Waals surface area (Å²) in [6, 6.07) is 13.4. The SMILES string of the molecule is CC(C)(C)OC(=O)c1c(N)sc2c1CC(C(=O)N1Cc3cccc(OCc4ccccc4)c3C1=O)N(C(=O)O)C2. The van der Waals surface area contributed by atoms with Crippen LogP contribution in [0.3, 0.4) is 0 Å². The largest absolute Gasteiger partial charge is 0.488 e. The smallest absolute Gasteiger partial charge is 0.408 e. The van der Waals surface area contributed by atoms with Crippen LogP contribution in [0.25, 0.3) is 0 Å². The molecule has 2 aliphatic heterocycles. The van der Waals surface area contributed by atoms with Gasteiger partial charge in [0.1, 0.15) is 29.0 Å². The van der Waals surface area contributed by atoms with Crippen LogP contribution in [0, 0.1) is 0 Å². The molecule has 3 N–H and O–H groups in total. The molecule has 11 heteroatoms. The maximum Gasteiger partial charge on any atom is 0.408 e. The van der Waals surface area contributed by atoms with Gasteiger partial charge < -0.3 is 20.3 Å². The van der Waals surface area contributed by atoms with E-state index in [9.17, 15) is 24.3 Å². The van der Waals surface area contributed by atoms with E-state index in [1.165, 1.54) is 0 Å². The lowest BCUT2D eigenvalue weighted by molar-refractivity contribution is -0.134. The number of benzene rings is 2. The van der Waals surface area contributed by atoms with Crippen molar-refractivity contribution in [1.82, 2.24) is 9.80 Å². The Kier molecular flexibility index (Phi) is 7.01. The Morgan fingerprint density at radius 2 is 1.80 bits per heavy atom. The number of nitrogen functional groups attached to an aromatic ring is 1. The number of esters is 1. The highest BCUT2D eigenvalue weighted by Crippen LogP contribution is 2.39. The molecule has 1 atom stereocenters. The van der Waals surface area contributed by atoms with E-state index >= 15 is 0 Å². The van der Waals surface area contributed by atoms with Crippen molar-refractivity contribution in [3.05, 3.63) is 81.2 Å². The monoisotopic (exact) mass is 563 g/mol. The summed E-state index contributed by atoms with van der Waals surface area (Å²) in [5, 5.41) is 10.2. The average Bonchev–Trinajstić information content (AvgIpc) is 3.41. The van der Waals surface area contributed by atoms with E-state index in [0.29, 0.717) is 21.8 Å². The van der Waals surface area contributed by atoms with Crippen LogP contribution in [-0.4, -0.2) is 50.4 Å².